The van der Waals surface area contributed by atoms with Gasteiger partial charge in [-0.3, -0.25) is 4.79 Å². The summed E-state index contributed by atoms with van der Waals surface area (Å²) in [5, 5.41) is -0.0837. The monoisotopic (exact) mass is 416 g/mol. The molecule has 0 aromatic heterocycles. The number of halogens is 8. The summed E-state index contributed by atoms with van der Waals surface area (Å²) in [4.78, 5) is 11.0. The Kier molecular flexibility index (Phi) is 5.77. The summed E-state index contributed by atoms with van der Waals surface area (Å²) < 4.78 is 82.6. The summed E-state index contributed by atoms with van der Waals surface area (Å²) in [5.41, 5.74) is -3.46. The molecule has 2 rings (SSSR count). The largest absolute Gasteiger partial charge is 0.487 e. The summed E-state index contributed by atoms with van der Waals surface area (Å²) in [7, 11) is 0. The summed E-state index contributed by atoms with van der Waals surface area (Å²) >= 11 is 11.5. The zero-order valence-electron chi connectivity index (χ0n) is 12.5. The van der Waals surface area contributed by atoms with E-state index in [1.165, 1.54) is 6.07 Å². The average molecular weight is 417 g/mol. The number of ether oxygens (including phenoxy) is 1. The van der Waals surface area contributed by atoms with Gasteiger partial charge in [-0.1, -0.05) is 23.2 Å². The molecule has 0 atom stereocenters. The molecular weight excluding hydrogens is 409 g/mol. The maximum atomic E-state index is 13.0. The van der Waals surface area contributed by atoms with Crippen molar-refractivity contribution >= 4 is 29.5 Å². The lowest BCUT2D eigenvalue weighted by Crippen LogP contribution is -2.14. The van der Waals surface area contributed by atoms with Gasteiger partial charge >= 0.3 is 12.4 Å². The summed E-state index contributed by atoms with van der Waals surface area (Å²) in [6, 6.07) is 3.34. The molecule has 10 heteroatoms. The first-order valence-corrected chi connectivity index (χ1v) is 7.53. The average Bonchev–Trinajstić information content (AvgIpc) is 2.51. The van der Waals surface area contributed by atoms with Crippen molar-refractivity contribution in [3.8, 4) is 5.75 Å². The fraction of sp³-hybridized carbons (Fsp3) is 0.188. The van der Waals surface area contributed by atoms with Crippen molar-refractivity contribution in [2.75, 3.05) is 0 Å². The second-order valence-electron chi connectivity index (χ2n) is 5.08. The van der Waals surface area contributed by atoms with Crippen LogP contribution < -0.4 is 4.74 Å². The molecule has 0 radical (unpaired) electrons. The summed E-state index contributed by atoms with van der Waals surface area (Å²) in [6.45, 7) is -0.888. The van der Waals surface area contributed by atoms with Crippen LogP contribution in [0.3, 0.4) is 0 Å². The van der Waals surface area contributed by atoms with E-state index in [9.17, 15) is 31.1 Å². The van der Waals surface area contributed by atoms with E-state index < -0.39 is 35.6 Å². The molecule has 0 aliphatic heterocycles. The molecular formula is C16H8Cl2F6O2. The van der Waals surface area contributed by atoms with Crippen LogP contribution in [0.15, 0.2) is 30.3 Å². The minimum Gasteiger partial charge on any atom is -0.487 e. The lowest BCUT2D eigenvalue weighted by molar-refractivity contribution is -0.142. The van der Waals surface area contributed by atoms with E-state index in [-0.39, 0.29) is 21.4 Å². The zero-order chi connectivity index (χ0) is 19.7. The van der Waals surface area contributed by atoms with Gasteiger partial charge in [0, 0.05) is 10.6 Å². The van der Waals surface area contributed by atoms with Gasteiger partial charge in [-0.05, 0) is 30.3 Å². The first-order valence-electron chi connectivity index (χ1n) is 6.78. The van der Waals surface area contributed by atoms with Gasteiger partial charge in [0.15, 0.2) is 6.29 Å². The standard InChI is InChI=1S/C16H8Cl2F6O2/c17-11-4-8(6-25)14(13(18)5-11)26-7-9-3-10(15(19,20)21)1-2-12(9)16(22,23)24/h1-6H,7H2. The van der Waals surface area contributed by atoms with E-state index >= 15 is 0 Å². The Hall–Kier alpha value is -1.93. The van der Waals surface area contributed by atoms with E-state index in [0.717, 1.165) is 6.07 Å². The molecule has 2 aromatic carbocycles. The molecule has 0 saturated heterocycles. The number of hydrogen-bond donors (Lipinski definition) is 0. The lowest BCUT2D eigenvalue weighted by Gasteiger charge is -2.17. The van der Waals surface area contributed by atoms with Gasteiger partial charge in [0.25, 0.3) is 0 Å². The maximum Gasteiger partial charge on any atom is 0.416 e. The van der Waals surface area contributed by atoms with Gasteiger partial charge in [-0.15, -0.1) is 0 Å². The number of hydrogen-bond acceptors (Lipinski definition) is 2. The Morgan fingerprint density at radius 2 is 1.62 bits per heavy atom. The van der Waals surface area contributed by atoms with E-state index in [2.05, 4.69) is 0 Å². The molecule has 0 heterocycles. The molecule has 0 fully saturated rings. The Morgan fingerprint density at radius 1 is 0.962 bits per heavy atom. The third-order valence-corrected chi connectivity index (χ3v) is 3.77. The van der Waals surface area contributed by atoms with Gasteiger partial charge in [0.05, 0.1) is 21.7 Å². The summed E-state index contributed by atoms with van der Waals surface area (Å²) in [5.74, 6) is -0.281. The highest BCUT2D eigenvalue weighted by atomic mass is 35.5. The van der Waals surface area contributed by atoms with Crippen LogP contribution in [0.1, 0.15) is 27.0 Å². The molecule has 2 nitrogen and oxygen atoms in total. The van der Waals surface area contributed by atoms with Crippen LogP contribution in [-0.2, 0) is 19.0 Å². The normalized spacial score (nSPS) is 12.2. The van der Waals surface area contributed by atoms with Gasteiger partial charge in [-0.2, -0.15) is 26.3 Å². The molecule has 0 saturated carbocycles. The summed E-state index contributed by atoms with van der Waals surface area (Å²) in [6.07, 6.45) is -9.41. The predicted octanol–water partition coefficient (Wildman–Crippen LogP) is 6.42. The molecule has 0 bridgehead atoms. The van der Waals surface area contributed by atoms with E-state index in [0.29, 0.717) is 24.5 Å². The maximum absolute atomic E-state index is 13.0. The number of alkyl halides is 6. The van der Waals surface area contributed by atoms with Gasteiger partial charge in [-0.25, -0.2) is 0 Å². The Labute approximate surface area is 153 Å². The van der Waals surface area contributed by atoms with Gasteiger partial charge < -0.3 is 4.74 Å². The molecule has 0 amide bonds. The highest BCUT2D eigenvalue weighted by Crippen LogP contribution is 2.38. The molecule has 0 spiro atoms. The third-order valence-electron chi connectivity index (χ3n) is 3.27. The van der Waals surface area contributed by atoms with Gasteiger partial charge in [0.2, 0.25) is 0 Å². The number of carbonyl (C=O) groups excluding carboxylic acids is 1. The van der Waals surface area contributed by atoms with Crippen LogP contribution in [-0.4, -0.2) is 6.29 Å². The minimum absolute atomic E-state index is 0.0829. The number of rotatable bonds is 4. The van der Waals surface area contributed by atoms with E-state index in [4.69, 9.17) is 27.9 Å². The first-order chi connectivity index (χ1) is 11.9. The first kappa shape index (κ1) is 20.4. The van der Waals surface area contributed by atoms with Crippen molar-refractivity contribution in [1.82, 2.24) is 0 Å². The highest BCUT2D eigenvalue weighted by molar-refractivity contribution is 6.36. The molecule has 2 aromatic rings. The van der Waals surface area contributed by atoms with Crippen molar-refractivity contribution in [1.29, 1.82) is 0 Å². The van der Waals surface area contributed by atoms with Crippen LogP contribution in [0.25, 0.3) is 0 Å². The molecule has 0 unspecified atom stereocenters. The minimum atomic E-state index is -4.89. The molecule has 140 valence electrons. The Morgan fingerprint density at radius 3 is 2.15 bits per heavy atom. The van der Waals surface area contributed by atoms with Crippen molar-refractivity contribution < 1.29 is 35.9 Å². The topological polar surface area (TPSA) is 26.3 Å². The van der Waals surface area contributed by atoms with E-state index in [1.54, 1.807) is 0 Å². The number of benzene rings is 2. The number of carbonyl (C=O) groups is 1. The molecule has 0 aliphatic rings. The van der Waals surface area contributed by atoms with Gasteiger partial charge in [0.1, 0.15) is 12.4 Å². The third kappa shape index (κ3) is 4.62. The molecule has 0 aliphatic carbocycles. The number of aldehydes is 1. The second kappa shape index (κ2) is 7.36. The van der Waals surface area contributed by atoms with E-state index in [1.807, 2.05) is 0 Å². The fourth-order valence-corrected chi connectivity index (χ4v) is 2.70. The van der Waals surface area contributed by atoms with Crippen molar-refractivity contribution in [2.24, 2.45) is 0 Å². The quantitative estimate of drug-likeness (QED) is 0.424. The van der Waals surface area contributed by atoms with Crippen LogP contribution in [0.2, 0.25) is 10.0 Å². The van der Waals surface area contributed by atoms with Crippen molar-refractivity contribution in [3.05, 3.63) is 62.6 Å². The molecule has 26 heavy (non-hydrogen) atoms. The smallest absolute Gasteiger partial charge is 0.416 e. The van der Waals surface area contributed by atoms with Crippen LogP contribution >= 0.6 is 23.2 Å². The SMILES string of the molecule is O=Cc1cc(Cl)cc(Cl)c1OCc1cc(C(F)(F)F)ccc1C(F)(F)F. The fourth-order valence-electron chi connectivity index (χ4n) is 2.14. The zero-order valence-corrected chi connectivity index (χ0v) is 14.0. The van der Waals surface area contributed by atoms with Crippen molar-refractivity contribution in [2.45, 2.75) is 19.0 Å². The lowest BCUT2D eigenvalue weighted by atomic mass is 10.0. The van der Waals surface area contributed by atoms with Crippen LogP contribution in [0.5, 0.6) is 5.75 Å². The van der Waals surface area contributed by atoms with Crippen LogP contribution in [0.4, 0.5) is 26.3 Å². The Balaban J connectivity index is 2.44. The Bertz CT molecular complexity index is 831. The van der Waals surface area contributed by atoms with Crippen LogP contribution in [0, 0.1) is 0 Å². The second-order valence-corrected chi connectivity index (χ2v) is 5.92. The highest BCUT2D eigenvalue weighted by Gasteiger charge is 2.37. The molecule has 0 N–H and O–H groups in total. The van der Waals surface area contributed by atoms with Crippen molar-refractivity contribution in [3.63, 3.8) is 0 Å². The predicted molar refractivity (Wildman–Crippen MR) is 82.6 cm³/mol.